The number of aryl methyl sites for hydroxylation is 1. The summed E-state index contributed by atoms with van der Waals surface area (Å²) in [5.41, 5.74) is 0.871. The standard InChI is InChI=1S/C15H18N6O/c1-19-8-12(7-18-19)13(22)21-10-15(11-21)3-6-20(9-15)14-16-4-2-5-17-14/h2,4-5,7-8H,3,6,9-11H2,1H3. The SMILES string of the molecule is Cn1cc(C(=O)N2CC3(CCN(c4ncccn4)C3)C2)cn1. The highest BCUT2D eigenvalue weighted by Gasteiger charge is 2.49. The van der Waals surface area contributed by atoms with Crippen LogP contribution in [-0.4, -0.2) is 56.7 Å². The summed E-state index contributed by atoms with van der Waals surface area (Å²) in [5.74, 6) is 0.865. The van der Waals surface area contributed by atoms with Gasteiger partial charge >= 0.3 is 0 Å². The molecule has 0 N–H and O–H groups in total. The van der Waals surface area contributed by atoms with Crippen molar-refractivity contribution in [1.82, 2.24) is 24.6 Å². The summed E-state index contributed by atoms with van der Waals surface area (Å²) in [6.07, 6.45) is 8.03. The van der Waals surface area contributed by atoms with Gasteiger partial charge in [0.05, 0.1) is 11.8 Å². The molecule has 114 valence electrons. The number of nitrogens with zero attached hydrogens (tertiary/aromatic N) is 6. The molecule has 0 aliphatic carbocycles. The topological polar surface area (TPSA) is 67.2 Å². The van der Waals surface area contributed by atoms with Crippen LogP contribution in [0.2, 0.25) is 0 Å². The lowest BCUT2D eigenvalue weighted by Gasteiger charge is -2.47. The second kappa shape index (κ2) is 4.79. The quantitative estimate of drug-likeness (QED) is 0.810. The van der Waals surface area contributed by atoms with Gasteiger partial charge < -0.3 is 9.80 Å². The third-order valence-electron chi connectivity index (χ3n) is 4.56. The largest absolute Gasteiger partial charge is 0.340 e. The molecule has 4 heterocycles. The molecule has 2 aliphatic rings. The monoisotopic (exact) mass is 298 g/mol. The van der Waals surface area contributed by atoms with E-state index in [9.17, 15) is 4.79 Å². The number of rotatable bonds is 2. The maximum absolute atomic E-state index is 12.4. The van der Waals surface area contributed by atoms with Crippen LogP contribution in [-0.2, 0) is 7.05 Å². The predicted molar refractivity (Wildman–Crippen MR) is 80.4 cm³/mol. The molecule has 0 aromatic carbocycles. The van der Waals surface area contributed by atoms with Gasteiger partial charge in [-0.25, -0.2) is 9.97 Å². The summed E-state index contributed by atoms with van der Waals surface area (Å²) < 4.78 is 1.66. The van der Waals surface area contributed by atoms with Gasteiger partial charge in [0.25, 0.3) is 5.91 Å². The second-order valence-electron chi connectivity index (χ2n) is 6.28. The molecule has 4 rings (SSSR count). The molecule has 2 aromatic rings. The van der Waals surface area contributed by atoms with Gasteiger partial charge in [0, 0.05) is 57.2 Å². The summed E-state index contributed by atoms with van der Waals surface area (Å²) in [4.78, 5) is 25.1. The number of likely N-dealkylation sites (tertiary alicyclic amines) is 1. The van der Waals surface area contributed by atoms with Gasteiger partial charge in [-0.2, -0.15) is 5.10 Å². The van der Waals surface area contributed by atoms with Crippen molar-refractivity contribution >= 4 is 11.9 Å². The van der Waals surface area contributed by atoms with E-state index in [-0.39, 0.29) is 11.3 Å². The van der Waals surface area contributed by atoms with Crippen LogP contribution in [0.3, 0.4) is 0 Å². The van der Waals surface area contributed by atoms with E-state index >= 15 is 0 Å². The molecule has 7 nitrogen and oxygen atoms in total. The van der Waals surface area contributed by atoms with E-state index in [1.807, 2.05) is 18.0 Å². The van der Waals surface area contributed by atoms with Crippen molar-refractivity contribution in [2.45, 2.75) is 6.42 Å². The van der Waals surface area contributed by atoms with Crippen LogP contribution >= 0.6 is 0 Å². The second-order valence-corrected chi connectivity index (χ2v) is 6.28. The summed E-state index contributed by atoms with van der Waals surface area (Å²) in [7, 11) is 1.82. The average Bonchev–Trinajstić information content (AvgIpc) is 3.12. The number of carbonyl (C=O) groups excluding carboxylic acids is 1. The first kappa shape index (κ1) is 13.2. The maximum atomic E-state index is 12.4. The number of anilines is 1. The molecular weight excluding hydrogens is 280 g/mol. The van der Waals surface area contributed by atoms with E-state index in [1.165, 1.54) is 0 Å². The lowest BCUT2D eigenvalue weighted by atomic mass is 9.79. The molecule has 0 bridgehead atoms. The Bertz CT molecular complexity index is 691. The van der Waals surface area contributed by atoms with Crippen LogP contribution in [0.4, 0.5) is 5.95 Å². The van der Waals surface area contributed by atoms with E-state index in [0.717, 1.165) is 38.5 Å². The zero-order chi connectivity index (χ0) is 15.2. The summed E-state index contributed by atoms with van der Waals surface area (Å²) in [5, 5.41) is 4.06. The van der Waals surface area contributed by atoms with Gasteiger partial charge in [-0.15, -0.1) is 0 Å². The number of aromatic nitrogens is 4. The highest BCUT2D eigenvalue weighted by molar-refractivity contribution is 5.94. The lowest BCUT2D eigenvalue weighted by Crippen LogP contribution is -2.59. The van der Waals surface area contributed by atoms with E-state index in [0.29, 0.717) is 5.56 Å². The lowest BCUT2D eigenvalue weighted by molar-refractivity contribution is 0.0167. The van der Waals surface area contributed by atoms with Crippen molar-refractivity contribution in [2.75, 3.05) is 31.1 Å². The molecule has 7 heteroatoms. The van der Waals surface area contributed by atoms with Crippen molar-refractivity contribution in [3.8, 4) is 0 Å². The van der Waals surface area contributed by atoms with Crippen LogP contribution in [0.25, 0.3) is 0 Å². The molecular formula is C15H18N6O. The summed E-state index contributed by atoms with van der Waals surface area (Å²) in [6.45, 7) is 3.50. The Balaban J connectivity index is 1.40. The van der Waals surface area contributed by atoms with Crippen LogP contribution < -0.4 is 4.90 Å². The number of amides is 1. The Morgan fingerprint density at radius 3 is 2.68 bits per heavy atom. The van der Waals surface area contributed by atoms with Gasteiger partial charge in [-0.05, 0) is 12.5 Å². The Kier molecular flexibility index (Phi) is 2.88. The normalized spacial score (nSPS) is 19.5. The van der Waals surface area contributed by atoms with Crippen LogP contribution in [0.15, 0.2) is 30.9 Å². The summed E-state index contributed by atoms with van der Waals surface area (Å²) in [6, 6.07) is 1.83. The van der Waals surface area contributed by atoms with E-state index in [4.69, 9.17) is 0 Å². The molecule has 2 aliphatic heterocycles. The zero-order valence-electron chi connectivity index (χ0n) is 12.5. The highest BCUT2D eigenvalue weighted by atomic mass is 16.2. The molecule has 0 atom stereocenters. The van der Waals surface area contributed by atoms with E-state index in [2.05, 4.69) is 20.0 Å². The molecule has 1 spiro atoms. The zero-order valence-corrected chi connectivity index (χ0v) is 12.5. The fraction of sp³-hybridized carbons (Fsp3) is 0.467. The third kappa shape index (κ3) is 2.13. The Morgan fingerprint density at radius 2 is 2.00 bits per heavy atom. The van der Waals surface area contributed by atoms with Crippen molar-refractivity contribution in [1.29, 1.82) is 0 Å². The minimum atomic E-state index is 0.0770. The van der Waals surface area contributed by atoms with Crippen molar-refractivity contribution < 1.29 is 4.79 Å². The van der Waals surface area contributed by atoms with Gasteiger partial charge in [-0.3, -0.25) is 9.48 Å². The smallest absolute Gasteiger partial charge is 0.257 e. The fourth-order valence-electron chi connectivity index (χ4n) is 3.44. The first-order valence-corrected chi connectivity index (χ1v) is 7.45. The first-order valence-electron chi connectivity index (χ1n) is 7.45. The number of hydrogen-bond acceptors (Lipinski definition) is 5. The van der Waals surface area contributed by atoms with Gasteiger partial charge in [0.2, 0.25) is 5.95 Å². The van der Waals surface area contributed by atoms with Crippen LogP contribution in [0.5, 0.6) is 0 Å². The number of hydrogen-bond donors (Lipinski definition) is 0. The molecule has 2 aromatic heterocycles. The Morgan fingerprint density at radius 1 is 1.23 bits per heavy atom. The molecule has 2 fully saturated rings. The van der Waals surface area contributed by atoms with Crippen molar-refractivity contribution in [2.24, 2.45) is 12.5 Å². The fourth-order valence-corrected chi connectivity index (χ4v) is 3.44. The average molecular weight is 298 g/mol. The molecule has 0 saturated carbocycles. The Hall–Kier alpha value is -2.44. The van der Waals surface area contributed by atoms with Crippen LogP contribution in [0.1, 0.15) is 16.8 Å². The molecule has 0 radical (unpaired) electrons. The van der Waals surface area contributed by atoms with Gasteiger partial charge in [0.1, 0.15) is 0 Å². The van der Waals surface area contributed by atoms with Gasteiger partial charge in [-0.1, -0.05) is 0 Å². The van der Waals surface area contributed by atoms with Crippen LogP contribution in [0, 0.1) is 5.41 Å². The molecule has 2 saturated heterocycles. The molecule has 1 amide bonds. The minimum Gasteiger partial charge on any atom is -0.340 e. The number of carbonyl (C=O) groups is 1. The van der Waals surface area contributed by atoms with E-state index < -0.39 is 0 Å². The maximum Gasteiger partial charge on any atom is 0.257 e. The van der Waals surface area contributed by atoms with Gasteiger partial charge in [0.15, 0.2) is 0 Å². The minimum absolute atomic E-state index is 0.0770. The first-order chi connectivity index (χ1) is 10.7. The van der Waals surface area contributed by atoms with Crippen molar-refractivity contribution in [3.63, 3.8) is 0 Å². The predicted octanol–water partition coefficient (Wildman–Crippen LogP) is 0.563. The highest BCUT2D eigenvalue weighted by Crippen LogP contribution is 2.40. The summed E-state index contributed by atoms with van der Waals surface area (Å²) >= 11 is 0. The molecule has 22 heavy (non-hydrogen) atoms. The Labute approximate surface area is 128 Å². The molecule has 0 unspecified atom stereocenters. The van der Waals surface area contributed by atoms with E-state index in [1.54, 1.807) is 29.5 Å². The van der Waals surface area contributed by atoms with Crippen molar-refractivity contribution in [3.05, 3.63) is 36.4 Å². The third-order valence-corrected chi connectivity index (χ3v) is 4.56.